The van der Waals surface area contributed by atoms with Crippen LogP contribution in [0, 0.1) is 5.92 Å². The molecule has 0 radical (unpaired) electrons. The summed E-state index contributed by atoms with van der Waals surface area (Å²) in [7, 11) is 1.78. The van der Waals surface area contributed by atoms with E-state index in [1.807, 2.05) is 30.3 Å². The Hall–Kier alpha value is -3.22. The molecular formula is C20H23N5O2. The minimum absolute atomic E-state index is 0.0746. The van der Waals surface area contributed by atoms with Crippen molar-refractivity contribution in [2.24, 2.45) is 13.0 Å². The smallest absolute Gasteiger partial charge is 0.261 e. The summed E-state index contributed by atoms with van der Waals surface area (Å²) in [6.45, 7) is 4.13. The molecule has 140 valence electrons. The van der Waals surface area contributed by atoms with Crippen molar-refractivity contribution in [1.82, 2.24) is 25.1 Å². The van der Waals surface area contributed by atoms with Gasteiger partial charge >= 0.3 is 0 Å². The van der Waals surface area contributed by atoms with E-state index < -0.39 is 11.5 Å². The molecule has 0 bridgehead atoms. The summed E-state index contributed by atoms with van der Waals surface area (Å²) in [5.41, 5.74) is 1.21. The number of pyridine rings is 1. The maximum Gasteiger partial charge on any atom is 0.261 e. The van der Waals surface area contributed by atoms with Crippen molar-refractivity contribution in [3.8, 4) is 11.3 Å². The molecule has 7 heteroatoms. The van der Waals surface area contributed by atoms with Gasteiger partial charge in [-0.3, -0.25) is 14.3 Å². The molecule has 2 N–H and O–H groups in total. The Bertz CT molecular complexity index is 975. The number of carbonyl (C=O) groups excluding carboxylic acids is 1. The maximum atomic E-state index is 12.7. The van der Waals surface area contributed by atoms with E-state index in [0.717, 1.165) is 5.56 Å². The molecule has 2 heterocycles. The Morgan fingerprint density at radius 3 is 2.52 bits per heavy atom. The van der Waals surface area contributed by atoms with Gasteiger partial charge in [-0.05, 0) is 30.0 Å². The summed E-state index contributed by atoms with van der Waals surface area (Å²) >= 11 is 0. The number of aromatic nitrogens is 4. The van der Waals surface area contributed by atoms with Crippen LogP contribution in [0.3, 0.4) is 0 Å². The van der Waals surface area contributed by atoms with Crippen molar-refractivity contribution >= 4 is 5.91 Å². The molecule has 0 saturated carbocycles. The van der Waals surface area contributed by atoms with Gasteiger partial charge in [0.1, 0.15) is 17.7 Å². The number of H-pyrrole nitrogens is 1. The average Bonchev–Trinajstić information content (AvgIpc) is 3.07. The number of nitrogens with one attached hydrogen (secondary N) is 2. The number of aromatic amines is 1. The van der Waals surface area contributed by atoms with E-state index in [2.05, 4.69) is 34.2 Å². The Morgan fingerprint density at radius 2 is 1.93 bits per heavy atom. The van der Waals surface area contributed by atoms with E-state index in [1.54, 1.807) is 23.9 Å². The molecule has 0 fully saturated rings. The van der Waals surface area contributed by atoms with E-state index in [0.29, 0.717) is 23.9 Å². The van der Waals surface area contributed by atoms with Crippen molar-refractivity contribution < 1.29 is 4.79 Å². The molecule has 3 aromatic rings. The first-order chi connectivity index (χ1) is 13.0. The van der Waals surface area contributed by atoms with Gasteiger partial charge in [-0.15, -0.1) is 0 Å². The number of hydrogen-bond donors (Lipinski definition) is 2. The summed E-state index contributed by atoms with van der Waals surface area (Å²) in [6, 6.07) is 12.5. The summed E-state index contributed by atoms with van der Waals surface area (Å²) in [5, 5.41) is 7.00. The van der Waals surface area contributed by atoms with Gasteiger partial charge in [0.15, 0.2) is 0 Å². The van der Waals surface area contributed by atoms with Crippen LogP contribution in [0.4, 0.5) is 0 Å². The standard InChI is InChI=1S/C20H23N5O2/c1-13(2)11-17(18-21-12-22-25(18)3)24-20(27)15-9-10-16(23-19(15)26)14-7-5-4-6-8-14/h4-10,12-13,17H,11H2,1-3H3,(H,23,26)(H,24,27)/t17-/m1/s1. The molecule has 0 aliphatic heterocycles. The van der Waals surface area contributed by atoms with Gasteiger partial charge in [0.2, 0.25) is 0 Å². The fourth-order valence-corrected chi connectivity index (χ4v) is 3.00. The van der Waals surface area contributed by atoms with Gasteiger partial charge in [-0.2, -0.15) is 5.10 Å². The first kappa shape index (κ1) is 18.6. The minimum atomic E-state index is -0.426. The molecule has 0 spiro atoms. The highest BCUT2D eigenvalue weighted by atomic mass is 16.2. The van der Waals surface area contributed by atoms with Crippen LogP contribution in [0.15, 0.2) is 53.6 Å². The van der Waals surface area contributed by atoms with E-state index in [4.69, 9.17) is 0 Å². The zero-order valence-corrected chi connectivity index (χ0v) is 15.6. The molecule has 0 aliphatic carbocycles. The number of nitrogens with zero attached hydrogens (tertiary/aromatic N) is 3. The molecule has 1 aromatic carbocycles. The second-order valence-electron chi connectivity index (χ2n) is 6.88. The first-order valence-corrected chi connectivity index (χ1v) is 8.89. The number of amides is 1. The van der Waals surface area contributed by atoms with Gasteiger partial charge in [0, 0.05) is 12.7 Å². The van der Waals surface area contributed by atoms with Crippen LogP contribution < -0.4 is 10.9 Å². The van der Waals surface area contributed by atoms with Gasteiger partial charge in [0.05, 0.1) is 6.04 Å². The monoisotopic (exact) mass is 365 g/mol. The van der Waals surface area contributed by atoms with E-state index in [1.165, 1.54) is 6.33 Å². The summed E-state index contributed by atoms with van der Waals surface area (Å²) in [4.78, 5) is 32.2. The van der Waals surface area contributed by atoms with Crippen LogP contribution in [0.2, 0.25) is 0 Å². The van der Waals surface area contributed by atoms with E-state index >= 15 is 0 Å². The van der Waals surface area contributed by atoms with E-state index in [9.17, 15) is 9.59 Å². The van der Waals surface area contributed by atoms with Gasteiger partial charge in [-0.25, -0.2) is 4.98 Å². The number of carbonyl (C=O) groups is 1. The Kier molecular flexibility index (Phi) is 5.49. The third-order valence-corrected chi connectivity index (χ3v) is 4.31. The van der Waals surface area contributed by atoms with Crippen molar-refractivity contribution in [3.63, 3.8) is 0 Å². The number of hydrogen-bond acceptors (Lipinski definition) is 4. The Morgan fingerprint density at radius 1 is 1.19 bits per heavy atom. The lowest BCUT2D eigenvalue weighted by Crippen LogP contribution is -2.34. The number of aryl methyl sites for hydroxylation is 1. The topological polar surface area (TPSA) is 92.7 Å². The van der Waals surface area contributed by atoms with Crippen LogP contribution >= 0.6 is 0 Å². The maximum absolute atomic E-state index is 12.7. The Balaban J connectivity index is 1.84. The Labute approximate surface area is 157 Å². The van der Waals surface area contributed by atoms with Crippen molar-refractivity contribution in [2.45, 2.75) is 26.3 Å². The van der Waals surface area contributed by atoms with Crippen LogP contribution in [-0.4, -0.2) is 25.7 Å². The van der Waals surface area contributed by atoms with Crippen LogP contribution in [0.25, 0.3) is 11.3 Å². The van der Waals surface area contributed by atoms with Crippen molar-refractivity contribution in [1.29, 1.82) is 0 Å². The largest absolute Gasteiger partial charge is 0.342 e. The van der Waals surface area contributed by atoms with Gasteiger partial charge < -0.3 is 10.3 Å². The van der Waals surface area contributed by atoms with Crippen molar-refractivity contribution in [2.75, 3.05) is 0 Å². The predicted octanol–water partition coefficient (Wildman–Crippen LogP) is 2.69. The summed E-state index contributed by atoms with van der Waals surface area (Å²) in [6.07, 6.45) is 2.15. The second-order valence-corrected chi connectivity index (χ2v) is 6.88. The number of benzene rings is 1. The fraction of sp³-hybridized carbons (Fsp3) is 0.300. The molecule has 27 heavy (non-hydrogen) atoms. The van der Waals surface area contributed by atoms with Crippen molar-refractivity contribution in [3.05, 3.63) is 70.5 Å². The molecule has 1 atom stereocenters. The van der Waals surface area contributed by atoms with E-state index in [-0.39, 0.29) is 11.6 Å². The fourth-order valence-electron chi connectivity index (χ4n) is 3.00. The molecule has 3 rings (SSSR count). The molecule has 7 nitrogen and oxygen atoms in total. The first-order valence-electron chi connectivity index (χ1n) is 8.89. The summed E-state index contributed by atoms with van der Waals surface area (Å²) < 4.78 is 1.63. The minimum Gasteiger partial charge on any atom is -0.342 e. The molecule has 0 aliphatic rings. The van der Waals surface area contributed by atoms with Gasteiger partial charge in [0.25, 0.3) is 11.5 Å². The summed E-state index contributed by atoms with van der Waals surface area (Å²) in [5.74, 6) is 0.574. The lowest BCUT2D eigenvalue weighted by atomic mass is 10.0. The zero-order chi connectivity index (χ0) is 19.4. The normalized spacial score (nSPS) is 12.1. The predicted molar refractivity (Wildman–Crippen MR) is 103 cm³/mol. The lowest BCUT2D eigenvalue weighted by Gasteiger charge is -2.19. The zero-order valence-electron chi connectivity index (χ0n) is 15.6. The SMILES string of the molecule is CC(C)C[C@@H](NC(=O)c1ccc(-c2ccccc2)[nH]c1=O)c1ncnn1C. The highest BCUT2D eigenvalue weighted by Crippen LogP contribution is 2.20. The molecular weight excluding hydrogens is 342 g/mol. The number of rotatable bonds is 6. The van der Waals surface area contributed by atoms with Crippen LogP contribution in [0.5, 0.6) is 0 Å². The van der Waals surface area contributed by atoms with Gasteiger partial charge in [-0.1, -0.05) is 44.2 Å². The second kappa shape index (κ2) is 7.99. The molecule has 0 unspecified atom stereocenters. The quantitative estimate of drug-likeness (QED) is 0.702. The third kappa shape index (κ3) is 4.31. The molecule has 0 saturated heterocycles. The average molecular weight is 365 g/mol. The molecule has 1 amide bonds. The highest BCUT2D eigenvalue weighted by Gasteiger charge is 2.22. The lowest BCUT2D eigenvalue weighted by molar-refractivity contribution is 0.0927. The van der Waals surface area contributed by atoms with Crippen LogP contribution in [0.1, 0.15) is 42.5 Å². The highest BCUT2D eigenvalue weighted by molar-refractivity contribution is 5.94. The van der Waals surface area contributed by atoms with Crippen LogP contribution in [-0.2, 0) is 7.05 Å². The molecule has 2 aromatic heterocycles. The third-order valence-electron chi connectivity index (χ3n) is 4.31.